The smallest absolute Gasteiger partial charge is 0.169 e. The average molecular weight is 313 g/mol. The third-order valence-electron chi connectivity index (χ3n) is 4.00. The van der Waals surface area contributed by atoms with Gasteiger partial charge in [0.25, 0.3) is 0 Å². The number of hydrogen-bond acceptors (Lipinski definition) is 5. The van der Waals surface area contributed by atoms with E-state index in [1.54, 1.807) is 18.2 Å². The zero-order valence-electron chi connectivity index (χ0n) is 13.2. The number of para-hydroxylation sites is 2. The lowest BCUT2D eigenvalue weighted by Gasteiger charge is -2.16. The van der Waals surface area contributed by atoms with E-state index in [0.29, 0.717) is 29.5 Å². The van der Waals surface area contributed by atoms with E-state index in [-0.39, 0.29) is 0 Å². The van der Waals surface area contributed by atoms with Crippen molar-refractivity contribution in [2.45, 2.75) is 12.8 Å². The molecule has 1 aliphatic rings. The van der Waals surface area contributed by atoms with Crippen molar-refractivity contribution < 1.29 is 9.47 Å². The Hall–Kier alpha value is -2.40. The van der Waals surface area contributed by atoms with Crippen LogP contribution >= 0.6 is 0 Å². The van der Waals surface area contributed by atoms with Gasteiger partial charge in [-0.05, 0) is 50.2 Å². The summed E-state index contributed by atoms with van der Waals surface area (Å²) in [5.74, 6) is 2.06. The molecule has 3 rings (SSSR count). The van der Waals surface area contributed by atoms with Crippen LogP contribution in [-0.2, 0) is 0 Å². The molecular weight excluding hydrogens is 290 g/mol. The molecule has 1 fully saturated rings. The minimum absolute atomic E-state index is 0.509. The van der Waals surface area contributed by atoms with Crippen molar-refractivity contribution in [2.24, 2.45) is 0 Å². The van der Waals surface area contributed by atoms with E-state index in [4.69, 9.17) is 20.9 Å². The molecule has 1 aliphatic heterocycles. The Morgan fingerprint density at radius 1 is 0.913 bits per heavy atom. The van der Waals surface area contributed by atoms with Gasteiger partial charge in [0.15, 0.2) is 11.5 Å². The van der Waals surface area contributed by atoms with Gasteiger partial charge in [-0.15, -0.1) is 0 Å². The maximum atomic E-state index is 5.90. The van der Waals surface area contributed by atoms with Gasteiger partial charge in [0.05, 0.1) is 11.4 Å². The predicted molar refractivity (Wildman–Crippen MR) is 93.0 cm³/mol. The fourth-order valence-corrected chi connectivity index (χ4v) is 2.69. The van der Waals surface area contributed by atoms with Crippen molar-refractivity contribution in [3.63, 3.8) is 0 Å². The molecule has 0 atom stereocenters. The first kappa shape index (κ1) is 15.5. The van der Waals surface area contributed by atoms with Gasteiger partial charge in [-0.3, -0.25) is 4.90 Å². The maximum absolute atomic E-state index is 5.90. The fourth-order valence-electron chi connectivity index (χ4n) is 2.69. The maximum Gasteiger partial charge on any atom is 0.169 e. The first-order valence-electron chi connectivity index (χ1n) is 7.99. The van der Waals surface area contributed by atoms with Crippen LogP contribution in [0.4, 0.5) is 11.4 Å². The standard InChI is InChI=1S/C18H23N3O2/c19-15-8-7-14(13-16(15)20)23-18-6-2-1-5-17(18)22-12-11-21-9-3-4-10-21/h1-2,5-8,13H,3-4,9-12,19-20H2. The lowest BCUT2D eigenvalue weighted by molar-refractivity contribution is 0.232. The Kier molecular flexibility index (Phi) is 4.88. The minimum Gasteiger partial charge on any atom is -0.488 e. The fraction of sp³-hybridized carbons (Fsp3) is 0.333. The summed E-state index contributed by atoms with van der Waals surface area (Å²) in [5, 5.41) is 0. The second-order valence-electron chi connectivity index (χ2n) is 5.74. The van der Waals surface area contributed by atoms with Crippen molar-refractivity contribution in [1.82, 2.24) is 4.90 Å². The van der Waals surface area contributed by atoms with Crippen LogP contribution in [0.25, 0.3) is 0 Å². The molecule has 0 radical (unpaired) electrons. The van der Waals surface area contributed by atoms with Crippen molar-refractivity contribution >= 4 is 11.4 Å². The molecule has 1 saturated heterocycles. The van der Waals surface area contributed by atoms with Crippen LogP contribution in [0.2, 0.25) is 0 Å². The van der Waals surface area contributed by atoms with E-state index in [1.165, 1.54) is 25.9 Å². The first-order valence-corrected chi connectivity index (χ1v) is 7.99. The van der Waals surface area contributed by atoms with Crippen molar-refractivity contribution in [3.8, 4) is 17.2 Å². The summed E-state index contributed by atoms with van der Waals surface area (Å²) in [5.41, 5.74) is 12.6. The van der Waals surface area contributed by atoms with Gasteiger partial charge < -0.3 is 20.9 Å². The number of benzene rings is 2. The topological polar surface area (TPSA) is 73.7 Å². The third-order valence-corrected chi connectivity index (χ3v) is 4.00. The van der Waals surface area contributed by atoms with Gasteiger partial charge in [0.2, 0.25) is 0 Å². The quantitative estimate of drug-likeness (QED) is 0.802. The summed E-state index contributed by atoms with van der Waals surface area (Å²) in [7, 11) is 0. The van der Waals surface area contributed by atoms with E-state index >= 15 is 0 Å². The monoisotopic (exact) mass is 313 g/mol. The SMILES string of the molecule is Nc1ccc(Oc2ccccc2OCCN2CCCC2)cc1N. The van der Waals surface area contributed by atoms with Crippen molar-refractivity contribution in [1.29, 1.82) is 0 Å². The molecular formula is C18H23N3O2. The second-order valence-corrected chi connectivity index (χ2v) is 5.74. The molecule has 5 heteroatoms. The Labute approximate surface area is 136 Å². The highest BCUT2D eigenvalue weighted by Gasteiger charge is 2.12. The highest BCUT2D eigenvalue weighted by atomic mass is 16.5. The Morgan fingerprint density at radius 2 is 1.65 bits per heavy atom. The number of rotatable bonds is 6. The summed E-state index contributed by atoms with van der Waals surface area (Å²) in [6.07, 6.45) is 2.58. The molecule has 1 heterocycles. The highest BCUT2D eigenvalue weighted by molar-refractivity contribution is 5.65. The van der Waals surface area contributed by atoms with E-state index in [9.17, 15) is 0 Å². The molecule has 2 aromatic carbocycles. The summed E-state index contributed by atoms with van der Waals surface area (Å²) in [4.78, 5) is 2.42. The number of nitrogens with two attached hydrogens (primary N) is 2. The van der Waals surface area contributed by atoms with Crippen LogP contribution in [0.5, 0.6) is 17.2 Å². The normalized spacial score (nSPS) is 14.8. The van der Waals surface area contributed by atoms with E-state index < -0.39 is 0 Å². The van der Waals surface area contributed by atoms with E-state index in [1.807, 2.05) is 24.3 Å². The number of anilines is 2. The molecule has 0 aliphatic carbocycles. The summed E-state index contributed by atoms with van der Waals surface area (Å²) < 4.78 is 11.8. The van der Waals surface area contributed by atoms with Crippen LogP contribution in [0.15, 0.2) is 42.5 Å². The van der Waals surface area contributed by atoms with E-state index in [2.05, 4.69) is 4.90 Å². The number of nitrogens with zero attached hydrogens (tertiary/aromatic N) is 1. The zero-order valence-corrected chi connectivity index (χ0v) is 13.2. The summed E-state index contributed by atoms with van der Waals surface area (Å²) in [6, 6.07) is 12.9. The van der Waals surface area contributed by atoms with Gasteiger partial charge in [-0.1, -0.05) is 12.1 Å². The molecule has 0 amide bonds. The predicted octanol–water partition coefficient (Wildman–Crippen LogP) is 3.12. The highest BCUT2D eigenvalue weighted by Crippen LogP contribution is 2.33. The van der Waals surface area contributed by atoms with E-state index in [0.717, 1.165) is 12.3 Å². The average Bonchev–Trinajstić information content (AvgIpc) is 3.06. The molecule has 23 heavy (non-hydrogen) atoms. The Bertz CT molecular complexity index is 654. The molecule has 2 aromatic rings. The van der Waals surface area contributed by atoms with Gasteiger partial charge in [-0.25, -0.2) is 0 Å². The van der Waals surface area contributed by atoms with Crippen molar-refractivity contribution in [3.05, 3.63) is 42.5 Å². The first-order chi connectivity index (χ1) is 11.2. The molecule has 0 bridgehead atoms. The Balaban J connectivity index is 1.63. The third kappa shape index (κ3) is 4.07. The molecule has 0 spiro atoms. The number of ether oxygens (including phenoxy) is 2. The van der Waals surface area contributed by atoms with Gasteiger partial charge >= 0.3 is 0 Å². The van der Waals surface area contributed by atoms with Gasteiger partial charge in [0.1, 0.15) is 12.4 Å². The largest absolute Gasteiger partial charge is 0.488 e. The molecule has 5 nitrogen and oxygen atoms in total. The second kappa shape index (κ2) is 7.24. The lowest BCUT2D eigenvalue weighted by Crippen LogP contribution is -2.25. The Morgan fingerprint density at radius 3 is 2.39 bits per heavy atom. The van der Waals surface area contributed by atoms with Crippen LogP contribution in [0.1, 0.15) is 12.8 Å². The molecule has 0 saturated carbocycles. The summed E-state index contributed by atoms with van der Waals surface area (Å²) in [6.45, 7) is 3.95. The number of nitrogen functional groups attached to an aromatic ring is 2. The van der Waals surface area contributed by atoms with Crippen LogP contribution < -0.4 is 20.9 Å². The van der Waals surface area contributed by atoms with Crippen molar-refractivity contribution in [2.75, 3.05) is 37.7 Å². The van der Waals surface area contributed by atoms with Crippen LogP contribution in [0, 0.1) is 0 Å². The summed E-state index contributed by atoms with van der Waals surface area (Å²) >= 11 is 0. The number of hydrogen-bond donors (Lipinski definition) is 2. The van der Waals surface area contributed by atoms with Gasteiger partial charge in [0, 0.05) is 12.6 Å². The molecule has 0 aromatic heterocycles. The number of likely N-dealkylation sites (tertiary alicyclic amines) is 1. The molecule has 4 N–H and O–H groups in total. The minimum atomic E-state index is 0.509. The molecule has 122 valence electrons. The van der Waals surface area contributed by atoms with Crippen LogP contribution in [-0.4, -0.2) is 31.1 Å². The lowest BCUT2D eigenvalue weighted by atomic mass is 10.2. The zero-order chi connectivity index (χ0) is 16.1. The van der Waals surface area contributed by atoms with Gasteiger partial charge in [-0.2, -0.15) is 0 Å². The molecule has 0 unspecified atom stereocenters. The van der Waals surface area contributed by atoms with Crippen LogP contribution in [0.3, 0.4) is 0 Å².